The first-order chi connectivity index (χ1) is 7.36. The Morgan fingerprint density at radius 3 is 2.06 bits per heavy atom. The van der Waals surface area contributed by atoms with Gasteiger partial charge in [-0.2, -0.15) is 0 Å². The maximum absolute atomic E-state index is 11.3. The van der Waals surface area contributed by atoms with Gasteiger partial charge in [-0.3, -0.25) is 0 Å². The van der Waals surface area contributed by atoms with Gasteiger partial charge in [0.25, 0.3) is 0 Å². The molecule has 1 aromatic carbocycles. The van der Waals surface area contributed by atoms with Crippen molar-refractivity contribution in [2.24, 2.45) is 5.73 Å². The molecule has 0 bridgehead atoms. The average Bonchev–Trinajstić information content (AvgIpc) is 2.97. The maximum atomic E-state index is 11.3. The molecule has 0 radical (unpaired) electrons. The van der Waals surface area contributed by atoms with Crippen LogP contribution < -0.4 is 5.73 Å². The van der Waals surface area contributed by atoms with Crippen molar-refractivity contribution in [3.8, 4) is 0 Å². The Bertz CT molecular complexity index is 484. The van der Waals surface area contributed by atoms with Gasteiger partial charge < -0.3 is 5.73 Å². The van der Waals surface area contributed by atoms with Gasteiger partial charge >= 0.3 is 0 Å². The van der Waals surface area contributed by atoms with Crippen LogP contribution >= 0.6 is 0 Å². The number of hydrogen-bond acceptors (Lipinski definition) is 3. The Morgan fingerprint density at radius 2 is 1.75 bits per heavy atom. The fourth-order valence-electron chi connectivity index (χ4n) is 2.18. The maximum Gasteiger partial charge on any atom is 0.175 e. The first-order valence-corrected chi connectivity index (χ1v) is 7.31. The lowest BCUT2D eigenvalue weighted by Gasteiger charge is -2.20. The van der Waals surface area contributed by atoms with E-state index in [4.69, 9.17) is 5.73 Å². The lowest BCUT2D eigenvalue weighted by molar-refractivity contribution is 0.556. The number of rotatable bonds is 3. The van der Waals surface area contributed by atoms with Crippen molar-refractivity contribution in [1.29, 1.82) is 0 Å². The first-order valence-electron chi connectivity index (χ1n) is 5.42. The fraction of sp³-hybridized carbons (Fsp3) is 0.500. The Labute approximate surface area is 96.6 Å². The molecule has 0 spiro atoms. The smallest absolute Gasteiger partial charge is 0.175 e. The summed E-state index contributed by atoms with van der Waals surface area (Å²) in [6.45, 7) is 2.01. The van der Waals surface area contributed by atoms with Gasteiger partial charge in [0, 0.05) is 17.7 Å². The molecule has 3 nitrogen and oxygen atoms in total. The van der Waals surface area contributed by atoms with Crippen LogP contribution in [0.3, 0.4) is 0 Å². The molecule has 1 aromatic rings. The van der Waals surface area contributed by atoms with E-state index in [-0.39, 0.29) is 11.5 Å². The largest absolute Gasteiger partial charge is 0.327 e. The van der Waals surface area contributed by atoms with Gasteiger partial charge in [-0.15, -0.1) is 0 Å². The molecule has 0 aliphatic heterocycles. The van der Waals surface area contributed by atoms with Crippen LogP contribution in [0.25, 0.3) is 0 Å². The summed E-state index contributed by atoms with van der Waals surface area (Å²) < 4.78 is 22.6. The van der Waals surface area contributed by atoms with Gasteiger partial charge in [-0.05, 0) is 37.5 Å². The molecular formula is C12H17NO2S. The summed E-state index contributed by atoms with van der Waals surface area (Å²) in [5.41, 5.74) is 7.23. The third kappa shape index (κ3) is 1.87. The minimum Gasteiger partial charge on any atom is -0.327 e. The van der Waals surface area contributed by atoms with Crippen LogP contribution in [0.5, 0.6) is 0 Å². The van der Waals surface area contributed by atoms with Crippen LogP contribution in [0.4, 0.5) is 0 Å². The van der Waals surface area contributed by atoms with Crippen molar-refractivity contribution in [2.75, 3.05) is 6.26 Å². The van der Waals surface area contributed by atoms with E-state index in [0.29, 0.717) is 4.90 Å². The molecule has 1 unspecified atom stereocenters. The summed E-state index contributed by atoms with van der Waals surface area (Å²) in [7, 11) is -3.10. The molecule has 1 saturated carbocycles. The zero-order valence-corrected chi connectivity index (χ0v) is 10.4. The van der Waals surface area contributed by atoms with E-state index in [2.05, 4.69) is 0 Å². The van der Waals surface area contributed by atoms with Crippen molar-refractivity contribution < 1.29 is 8.42 Å². The number of nitrogens with two attached hydrogens (primary N) is 1. The molecule has 1 aliphatic rings. The summed E-state index contributed by atoms with van der Waals surface area (Å²) in [5.74, 6) is 0. The highest BCUT2D eigenvalue weighted by molar-refractivity contribution is 7.90. The lowest BCUT2D eigenvalue weighted by atomic mass is 9.90. The normalized spacial score (nSPS) is 20.4. The highest BCUT2D eigenvalue weighted by atomic mass is 32.2. The molecule has 16 heavy (non-hydrogen) atoms. The summed E-state index contributed by atoms with van der Waals surface area (Å²) in [6.07, 6.45) is 3.42. The number of benzene rings is 1. The molecule has 0 aromatic heterocycles. The Kier molecular flexibility index (Phi) is 2.59. The molecule has 1 atom stereocenters. The van der Waals surface area contributed by atoms with Crippen molar-refractivity contribution >= 4 is 9.84 Å². The van der Waals surface area contributed by atoms with Gasteiger partial charge in [0.1, 0.15) is 0 Å². The van der Waals surface area contributed by atoms with E-state index in [1.54, 1.807) is 12.1 Å². The van der Waals surface area contributed by atoms with Crippen LogP contribution in [0, 0.1) is 0 Å². The molecule has 2 N–H and O–H groups in total. The zero-order chi connectivity index (χ0) is 12.0. The monoisotopic (exact) mass is 239 g/mol. The Hall–Kier alpha value is -0.870. The van der Waals surface area contributed by atoms with Gasteiger partial charge in [-0.1, -0.05) is 12.1 Å². The Balaban J connectivity index is 2.34. The summed E-state index contributed by atoms with van der Waals surface area (Å²) in [4.78, 5) is 0.372. The molecule has 1 aliphatic carbocycles. The molecule has 1 fully saturated rings. The van der Waals surface area contributed by atoms with Crippen molar-refractivity contribution in [3.05, 3.63) is 29.8 Å². The summed E-state index contributed by atoms with van der Waals surface area (Å²) >= 11 is 0. The van der Waals surface area contributed by atoms with Crippen LogP contribution in [-0.2, 0) is 15.3 Å². The highest BCUT2D eigenvalue weighted by Crippen LogP contribution is 2.50. The van der Waals surface area contributed by atoms with E-state index < -0.39 is 9.84 Å². The van der Waals surface area contributed by atoms with Crippen LogP contribution in [-0.4, -0.2) is 20.7 Å². The molecular weight excluding hydrogens is 222 g/mol. The second-order valence-corrected chi connectivity index (χ2v) is 6.76. The van der Waals surface area contributed by atoms with Crippen molar-refractivity contribution in [3.63, 3.8) is 0 Å². The van der Waals surface area contributed by atoms with E-state index in [1.165, 1.54) is 6.26 Å². The van der Waals surface area contributed by atoms with E-state index in [0.717, 1.165) is 18.4 Å². The summed E-state index contributed by atoms with van der Waals surface area (Å²) in [6, 6.07) is 7.26. The number of sulfone groups is 1. The standard InChI is InChI=1S/C12H17NO2S/c1-9(13)12(7-8-12)10-3-5-11(6-4-10)16(2,14)15/h3-6,9H,7-8,13H2,1-2H3. The Morgan fingerprint density at radius 1 is 1.25 bits per heavy atom. The van der Waals surface area contributed by atoms with Crippen molar-refractivity contribution in [2.45, 2.75) is 36.1 Å². The first kappa shape index (κ1) is 11.6. The predicted molar refractivity (Wildman–Crippen MR) is 64.1 cm³/mol. The van der Waals surface area contributed by atoms with Gasteiger partial charge in [0.15, 0.2) is 9.84 Å². The molecule has 0 saturated heterocycles. The van der Waals surface area contributed by atoms with Crippen LogP contribution in [0.1, 0.15) is 25.3 Å². The number of hydrogen-bond donors (Lipinski definition) is 1. The second-order valence-electron chi connectivity index (χ2n) is 4.74. The van der Waals surface area contributed by atoms with Crippen LogP contribution in [0.2, 0.25) is 0 Å². The minimum atomic E-state index is -3.10. The predicted octanol–water partition coefficient (Wildman–Crippen LogP) is 1.47. The molecule has 2 rings (SSSR count). The lowest BCUT2D eigenvalue weighted by Crippen LogP contribution is -2.31. The molecule has 88 valence electrons. The van der Waals surface area contributed by atoms with Crippen molar-refractivity contribution in [1.82, 2.24) is 0 Å². The average molecular weight is 239 g/mol. The van der Waals surface area contributed by atoms with E-state index in [1.807, 2.05) is 19.1 Å². The zero-order valence-electron chi connectivity index (χ0n) is 9.60. The fourth-order valence-corrected chi connectivity index (χ4v) is 2.81. The van der Waals surface area contributed by atoms with Gasteiger partial charge in [-0.25, -0.2) is 8.42 Å². The quantitative estimate of drug-likeness (QED) is 0.869. The molecule has 4 heteroatoms. The molecule has 0 amide bonds. The van der Waals surface area contributed by atoms with Gasteiger partial charge in [0.05, 0.1) is 4.90 Å². The topological polar surface area (TPSA) is 60.2 Å². The van der Waals surface area contributed by atoms with E-state index >= 15 is 0 Å². The summed E-state index contributed by atoms with van der Waals surface area (Å²) in [5, 5.41) is 0. The third-order valence-corrected chi connectivity index (χ3v) is 4.65. The van der Waals surface area contributed by atoms with Gasteiger partial charge in [0.2, 0.25) is 0 Å². The molecule has 0 heterocycles. The van der Waals surface area contributed by atoms with E-state index in [9.17, 15) is 8.42 Å². The minimum absolute atomic E-state index is 0.0933. The third-order valence-electron chi connectivity index (χ3n) is 3.52. The SMILES string of the molecule is CC(N)C1(c2ccc(S(C)(=O)=O)cc2)CC1. The van der Waals surface area contributed by atoms with Crippen LogP contribution in [0.15, 0.2) is 29.2 Å². The second kappa shape index (κ2) is 3.57. The highest BCUT2D eigenvalue weighted by Gasteiger charge is 2.47.